The number of thioether (sulfide) groups is 1. The zero-order chi connectivity index (χ0) is 20.8. The van der Waals surface area contributed by atoms with E-state index in [1.807, 2.05) is 68.5 Å². The minimum absolute atomic E-state index is 0.0762. The Kier molecular flexibility index (Phi) is 6.57. The summed E-state index contributed by atoms with van der Waals surface area (Å²) >= 11 is 1.34. The lowest BCUT2D eigenvalue weighted by molar-refractivity contribution is -0.122. The van der Waals surface area contributed by atoms with Gasteiger partial charge in [0.1, 0.15) is 0 Å². The molecule has 0 atom stereocenters. The van der Waals surface area contributed by atoms with Crippen molar-refractivity contribution in [1.82, 2.24) is 9.80 Å². The number of nitrogens with one attached hydrogen (secondary N) is 1. The molecule has 1 amide bonds. The molecule has 2 aromatic carbocycles. The number of nitriles is 1. The summed E-state index contributed by atoms with van der Waals surface area (Å²) in [7, 11) is 3.77. The molecule has 0 saturated carbocycles. The van der Waals surface area contributed by atoms with Gasteiger partial charge in [0.25, 0.3) is 5.91 Å². The fourth-order valence-electron chi connectivity index (χ4n) is 2.86. The van der Waals surface area contributed by atoms with Gasteiger partial charge in [-0.15, -0.1) is 0 Å². The molecular weight excluding hydrogens is 382 g/mol. The Labute approximate surface area is 175 Å². The van der Waals surface area contributed by atoms with Crippen LogP contribution >= 0.6 is 11.8 Å². The van der Waals surface area contributed by atoms with Crippen molar-refractivity contribution in [3.63, 3.8) is 0 Å². The van der Waals surface area contributed by atoms with Gasteiger partial charge in [0.05, 0.1) is 34.5 Å². The van der Waals surface area contributed by atoms with Crippen LogP contribution in [0.15, 0.2) is 64.6 Å². The van der Waals surface area contributed by atoms with Gasteiger partial charge in [-0.05, 0) is 42.4 Å². The number of amides is 1. The summed E-state index contributed by atoms with van der Waals surface area (Å²) < 4.78 is 0. The van der Waals surface area contributed by atoms with Gasteiger partial charge in [-0.2, -0.15) is 5.26 Å². The van der Waals surface area contributed by atoms with Crippen molar-refractivity contribution in [2.45, 2.75) is 13.5 Å². The van der Waals surface area contributed by atoms with Crippen LogP contribution in [-0.4, -0.2) is 41.5 Å². The summed E-state index contributed by atoms with van der Waals surface area (Å²) in [4.78, 5) is 22.0. The smallest absolute Gasteiger partial charge is 0.268 e. The van der Waals surface area contributed by atoms with Crippen molar-refractivity contribution in [2.24, 2.45) is 4.99 Å². The van der Waals surface area contributed by atoms with Crippen LogP contribution in [0.4, 0.5) is 11.4 Å². The molecule has 3 rings (SSSR count). The summed E-state index contributed by atoms with van der Waals surface area (Å²) in [5.41, 5.74) is 3.03. The van der Waals surface area contributed by atoms with Gasteiger partial charge in [0.15, 0.2) is 5.17 Å². The Morgan fingerprint density at radius 1 is 1.24 bits per heavy atom. The summed E-state index contributed by atoms with van der Waals surface area (Å²) in [6, 6.07) is 17.3. The van der Waals surface area contributed by atoms with Crippen molar-refractivity contribution in [1.29, 1.82) is 5.26 Å². The summed E-state index contributed by atoms with van der Waals surface area (Å²) in [6.45, 7) is 3.17. The fourth-order valence-corrected chi connectivity index (χ4v) is 3.92. The topological polar surface area (TPSA) is 71.7 Å². The summed E-state index contributed by atoms with van der Waals surface area (Å²) in [5, 5.41) is 13.1. The first kappa shape index (κ1) is 20.5. The predicted octanol–water partition coefficient (Wildman–Crippen LogP) is 4.16. The van der Waals surface area contributed by atoms with Crippen LogP contribution in [0.2, 0.25) is 0 Å². The van der Waals surface area contributed by atoms with Crippen molar-refractivity contribution in [2.75, 3.05) is 26.0 Å². The van der Waals surface area contributed by atoms with Crippen LogP contribution in [0.5, 0.6) is 0 Å². The average molecular weight is 406 g/mol. The summed E-state index contributed by atoms with van der Waals surface area (Å²) in [6.07, 6.45) is 1.81. The first-order valence-corrected chi connectivity index (χ1v) is 10.1. The van der Waals surface area contributed by atoms with E-state index in [0.29, 0.717) is 27.9 Å². The highest BCUT2D eigenvalue weighted by Gasteiger charge is 2.34. The zero-order valence-electron chi connectivity index (χ0n) is 16.7. The Balaban J connectivity index is 2.04. The normalized spacial score (nSPS) is 16.3. The SMILES string of the molecule is CCNc1ccc(C#N)cc1N=C1SC(=CN(C)C)C(=O)N1Cc1ccccc1. The minimum atomic E-state index is -0.0762. The van der Waals surface area contributed by atoms with E-state index in [1.54, 1.807) is 17.0 Å². The molecule has 0 aliphatic carbocycles. The molecule has 0 spiro atoms. The number of hydrogen-bond acceptors (Lipinski definition) is 6. The van der Waals surface area contributed by atoms with Crippen molar-refractivity contribution in [3.8, 4) is 6.07 Å². The summed E-state index contributed by atoms with van der Waals surface area (Å²) in [5.74, 6) is -0.0762. The van der Waals surface area contributed by atoms with E-state index in [0.717, 1.165) is 17.8 Å². The number of nitrogens with zero attached hydrogens (tertiary/aromatic N) is 4. The van der Waals surface area contributed by atoms with Gasteiger partial charge in [0, 0.05) is 26.8 Å². The van der Waals surface area contributed by atoms with E-state index in [4.69, 9.17) is 4.99 Å². The molecule has 148 valence electrons. The predicted molar refractivity (Wildman–Crippen MR) is 119 cm³/mol. The molecule has 0 unspecified atom stereocenters. The van der Waals surface area contributed by atoms with Crippen molar-refractivity contribution < 1.29 is 4.79 Å². The molecule has 29 heavy (non-hydrogen) atoms. The maximum atomic E-state index is 13.0. The van der Waals surface area contributed by atoms with Crippen molar-refractivity contribution >= 4 is 34.2 Å². The molecule has 2 aromatic rings. The molecule has 1 N–H and O–H groups in total. The molecular formula is C22H23N5OS. The van der Waals surface area contributed by atoms with E-state index in [9.17, 15) is 10.1 Å². The Morgan fingerprint density at radius 2 is 2.00 bits per heavy atom. The molecule has 1 aliphatic rings. The molecule has 1 heterocycles. The van der Waals surface area contributed by atoms with E-state index in [1.165, 1.54) is 11.8 Å². The lowest BCUT2D eigenvalue weighted by atomic mass is 10.2. The second kappa shape index (κ2) is 9.30. The lowest BCUT2D eigenvalue weighted by Gasteiger charge is -2.16. The van der Waals surface area contributed by atoms with Gasteiger partial charge in [-0.3, -0.25) is 9.69 Å². The van der Waals surface area contributed by atoms with Gasteiger partial charge in [0.2, 0.25) is 0 Å². The molecule has 7 heteroatoms. The van der Waals surface area contributed by atoms with Gasteiger partial charge < -0.3 is 10.2 Å². The van der Waals surface area contributed by atoms with Crippen molar-refractivity contribution in [3.05, 3.63) is 70.8 Å². The molecule has 0 bridgehead atoms. The van der Waals surface area contributed by atoms with Crippen LogP contribution in [0.3, 0.4) is 0 Å². The lowest BCUT2D eigenvalue weighted by Crippen LogP contribution is -2.28. The Hall–Kier alpha value is -3.24. The standard InChI is InChI=1S/C22H23N5OS/c1-4-24-18-11-10-17(13-23)12-19(18)25-22-27(14-16-8-6-5-7-9-16)21(28)20(29-22)15-26(2)3/h5-12,15,24H,4,14H2,1-3H3. The number of amidine groups is 1. The minimum Gasteiger partial charge on any atom is -0.384 e. The first-order chi connectivity index (χ1) is 14.0. The molecule has 6 nitrogen and oxygen atoms in total. The highest BCUT2D eigenvalue weighted by atomic mass is 32.2. The number of carbonyl (C=O) groups excluding carboxylic acids is 1. The van der Waals surface area contributed by atoms with Crippen LogP contribution in [-0.2, 0) is 11.3 Å². The third kappa shape index (κ3) is 4.98. The van der Waals surface area contributed by atoms with Crippen LogP contribution < -0.4 is 5.32 Å². The number of carbonyl (C=O) groups is 1. The highest BCUT2D eigenvalue weighted by Crippen LogP contribution is 2.36. The van der Waals surface area contributed by atoms with Crippen LogP contribution in [0.25, 0.3) is 0 Å². The van der Waals surface area contributed by atoms with Crippen LogP contribution in [0.1, 0.15) is 18.1 Å². The first-order valence-electron chi connectivity index (χ1n) is 9.30. The number of aliphatic imine (C=N–C) groups is 1. The van der Waals surface area contributed by atoms with E-state index in [2.05, 4.69) is 11.4 Å². The molecule has 1 saturated heterocycles. The van der Waals surface area contributed by atoms with Crippen LogP contribution in [0, 0.1) is 11.3 Å². The zero-order valence-corrected chi connectivity index (χ0v) is 17.5. The third-order valence-corrected chi connectivity index (χ3v) is 5.15. The highest BCUT2D eigenvalue weighted by molar-refractivity contribution is 8.18. The Morgan fingerprint density at radius 3 is 2.66 bits per heavy atom. The second-order valence-corrected chi connectivity index (χ2v) is 7.71. The number of benzene rings is 2. The van der Waals surface area contributed by atoms with E-state index < -0.39 is 0 Å². The maximum absolute atomic E-state index is 13.0. The maximum Gasteiger partial charge on any atom is 0.268 e. The molecule has 1 aliphatic heterocycles. The average Bonchev–Trinajstić information content (AvgIpc) is 2.98. The second-order valence-electron chi connectivity index (χ2n) is 6.70. The molecule has 0 aromatic heterocycles. The van der Waals surface area contributed by atoms with Gasteiger partial charge in [-0.1, -0.05) is 30.3 Å². The molecule has 0 radical (unpaired) electrons. The quantitative estimate of drug-likeness (QED) is 0.731. The largest absolute Gasteiger partial charge is 0.384 e. The van der Waals surface area contributed by atoms with E-state index in [-0.39, 0.29) is 5.91 Å². The van der Waals surface area contributed by atoms with Gasteiger partial charge in [-0.25, -0.2) is 4.99 Å². The number of anilines is 1. The number of hydrogen-bond donors (Lipinski definition) is 1. The molecule has 1 fully saturated rings. The fraction of sp³-hybridized carbons (Fsp3) is 0.227. The third-order valence-electron chi connectivity index (χ3n) is 4.16. The Bertz CT molecular complexity index is 992. The van der Waals surface area contributed by atoms with Gasteiger partial charge >= 0.3 is 0 Å². The monoisotopic (exact) mass is 405 g/mol. The van der Waals surface area contributed by atoms with E-state index >= 15 is 0 Å². The number of rotatable bonds is 6.